The Kier molecular flexibility index (Phi) is 7.51. The van der Waals surface area contributed by atoms with Gasteiger partial charge in [0.15, 0.2) is 0 Å². The SMILES string of the molecule is COc1cccc(N(CC(=O)NCc2cccc(C(F)(F)F)c2)S(=O)(=O)c2ccc(C)cc2)c1. The molecule has 1 N–H and O–H groups in total. The van der Waals surface area contributed by atoms with Gasteiger partial charge in [0, 0.05) is 12.6 Å². The van der Waals surface area contributed by atoms with Crippen molar-refractivity contribution in [3.8, 4) is 5.75 Å². The Hall–Kier alpha value is -3.53. The molecule has 0 saturated heterocycles. The minimum atomic E-state index is -4.51. The number of halogens is 3. The topological polar surface area (TPSA) is 75.7 Å². The lowest BCUT2D eigenvalue weighted by atomic mass is 10.1. The number of rotatable bonds is 8. The molecule has 0 aliphatic heterocycles. The van der Waals surface area contributed by atoms with Crippen molar-refractivity contribution < 1.29 is 31.1 Å². The number of sulfonamides is 1. The molecule has 3 aromatic carbocycles. The average molecular weight is 493 g/mol. The van der Waals surface area contributed by atoms with E-state index >= 15 is 0 Å². The van der Waals surface area contributed by atoms with Gasteiger partial charge in [-0.25, -0.2) is 8.42 Å². The molecule has 3 rings (SSSR count). The molecule has 0 bridgehead atoms. The molecule has 0 atom stereocenters. The van der Waals surface area contributed by atoms with Crippen molar-refractivity contribution in [3.63, 3.8) is 0 Å². The fourth-order valence-electron chi connectivity index (χ4n) is 3.16. The van der Waals surface area contributed by atoms with E-state index in [-0.39, 0.29) is 22.7 Å². The minimum absolute atomic E-state index is 0.00778. The van der Waals surface area contributed by atoms with Gasteiger partial charge in [-0.3, -0.25) is 9.10 Å². The summed E-state index contributed by atoms with van der Waals surface area (Å²) in [6.07, 6.45) is -4.51. The second-order valence-corrected chi connectivity index (χ2v) is 9.36. The molecule has 1 amide bonds. The molecule has 10 heteroatoms. The molecule has 0 heterocycles. The molecule has 0 saturated carbocycles. The zero-order valence-electron chi connectivity index (χ0n) is 18.5. The van der Waals surface area contributed by atoms with E-state index in [2.05, 4.69) is 5.32 Å². The van der Waals surface area contributed by atoms with E-state index in [9.17, 15) is 26.4 Å². The highest BCUT2D eigenvalue weighted by atomic mass is 32.2. The van der Waals surface area contributed by atoms with Crippen LogP contribution in [0.15, 0.2) is 77.7 Å². The number of nitrogens with zero attached hydrogens (tertiary/aromatic N) is 1. The van der Waals surface area contributed by atoms with E-state index in [1.54, 1.807) is 24.3 Å². The first kappa shape index (κ1) is 25.1. The molecule has 0 radical (unpaired) electrons. The minimum Gasteiger partial charge on any atom is -0.497 e. The molecule has 3 aromatic rings. The van der Waals surface area contributed by atoms with E-state index in [0.29, 0.717) is 5.75 Å². The van der Waals surface area contributed by atoms with E-state index in [1.165, 1.54) is 43.5 Å². The van der Waals surface area contributed by atoms with Gasteiger partial charge in [-0.15, -0.1) is 0 Å². The van der Waals surface area contributed by atoms with Crippen LogP contribution >= 0.6 is 0 Å². The molecule has 0 aromatic heterocycles. The third kappa shape index (κ3) is 6.07. The van der Waals surface area contributed by atoms with Gasteiger partial charge in [0.25, 0.3) is 10.0 Å². The summed E-state index contributed by atoms with van der Waals surface area (Å²) >= 11 is 0. The number of alkyl halides is 3. The Morgan fingerprint density at radius 3 is 2.32 bits per heavy atom. The van der Waals surface area contributed by atoms with Gasteiger partial charge >= 0.3 is 6.18 Å². The summed E-state index contributed by atoms with van der Waals surface area (Å²) in [7, 11) is -2.70. The molecule has 0 unspecified atom stereocenters. The van der Waals surface area contributed by atoms with Gasteiger partial charge in [0.05, 0.1) is 23.3 Å². The first-order valence-electron chi connectivity index (χ1n) is 10.2. The van der Waals surface area contributed by atoms with Crippen LogP contribution in [-0.4, -0.2) is 28.0 Å². The van der Waals surface area contributed by atoms with Crippen LogP contribution in [0.1, 0.15) is 16.7 Å². The van der Waals surface area contributed by atoms with Gasteiger partial charge in [-0.05, 0) is 48.9 Å². The third-order valence-electron chi connectivity index (χ3n) is 4.98. The number of carbonyl (C=O) groups is 1. The van der Waals surface area contributed by atoms with Crippen molar-refractivity contribution in [2.75, 3.05) is 18.0 Å². The van der Waals surface area contributed by atoms with Crippen LogP contribution in [0.3, 0.4) is 0 Å². The van der Waals surface area contributed by atoms with Gasteiger partial charge in [-0.1, -0.05) is 35.9 Å². The molecule has 0 spiro atoms. The van der Waals surface area contributed by atoms with Gasteiger partial charge in [-0.2, -0.15) is 13.2 Å². The van der Waals surface area contributed by atoms with E-state index < -0.39 is 34.2 Å². The number of anilines is 1. The number of hydrogen-bond acceptors (Lipinski definition) is 4. The predicted octanol–water partition coefficient (Wildman–Crippen LogP) is 4.53. The van der Waals surface area contributed by atoms with Crippen LogP contribution in [0.25, 0.3) is 0 Å². The number of carbonyl (C=O) groups excluding carboxylic acids is 1. The molecule has 34 heavy (non-hydrogen) atoms. The van der Waals surface area contributed by atoms with Crippen LogP contribution < -0.4 is 14.4 Å². The highest BCUT2D eigenvalue weighted by Crippen LogP contribution is 2.30. The lowest BCUT2D eigenvalue weighted by molar-refractivity contribution is -0.137. The Morgan fingerprint density at radius 1 is 1.00 bits per heavy atom. The maximum atomic E-state index is 13.4. The number of hydrogen-bond donors (Lipinski definition) is 1. The Labute approximate surface area is 196 Å². The molecule has 0 aliphatic rings. The maximum absolute atomic E-state index is 13.4. The van der Waals surface area contributed by atoms with E-state index in [0.717, 1.165) is 22.0 Å². The number of amides is 1. The largest absolute Gasteiger partial charge is 0.497 e. The number of ether oxygens (including phenoxy) is 1. The summed E-state index contributed by atoms with van der Waals surface area (Å²) in [6.45, 7) is 1.04. The highest BCUT2D eigenvalue weighted by molar-refractivity contribution is 7.92. The quantitative estimate of drug-likeness (QED) is 0.501. The molecule has 6 nitrogen and oxygen atoms in total. The summed E-state index contributed by atoms with van der Waals surface area (Å²) in [5, 5.41) is 2.50. The first-order valence-corrected chi connectivity index (χ1v) is 11.6. The Morgan fingerprint density at radius 2 is 1.68 bits per heavy atom. The normalized spacial score (nSPS) is 11.7. The number of aryl methyl sites for hydroxylation is 1. The fraction of sp³-hybridized carbons (Fsp3) is 0.208. The lowest BCUT2D eigenvalue weighted by Gasteiger charge is -2.24. The Bertz CT molecular complexity index is 1260. The first-order chi connectivity index (χ1) is 16.0. The van der Waals surface area contributed by atoms with Gasteiger partial charge in [0.1, 0.15) is 12.3 Å². The van der Waals surface area contributed by atoms with Gasteiger partial charge in [0.2, 0.25) is 5.91 Å². The monoisotopic (exact) mass is 492 g/mol. The zero-order chi connectivity index (χ0) is 24.9. The summed E-state index contributed by atoms with van der Waals surface area (Å²) in [5.74, 6) is -0.290. The van der Waals surface area contributed by atoms with E-state index in [1.807, 2.05) is 6.92 Å². The van der Waals surface area contributed by atoms with Crippen LogP contribution in [0.2, 0.25) is 0 Å². The van der Waals surface area contributed by atoms with Crippen LogP contribution in [0.5, 0.6) is 5.75 Å². The van der Waals surface area contributed by atoms with Crippen LogP contribution in [0.4, 0.5) is 18.9 Å². The molecular weight excluding hydrogens is 469 g/mol. The number of nitrogens with one attached hydrogen (secondary N) is 1. The number of methoxy groups -OCH3 is 1. The van der Waals surface area contributed by atoms with Crippen molar-refractivity contribution >= 4 is 21.6 Å². The Balaban J connectivity index is 1.85. The maximum Gasteiger partial charge on any atom is 0.416 e. The number of benzene rings is 3. The van der Waals surface area contributed by atoms with Crippen LogP contribution in [-0.2, 0) is 27.5 Å². The average Bonchev–Trinajstić information content (AvgIpc) is 2.81. The second-order valence-electron chi connectivity index (χ2n) is 7.50. The summed E-state index contributed by atoms with van der Waals surface area (Å²) in [5.41, 5.74) is 0.469. The van der Waals surface area contributed by atoms with Crippen LogP contribution in [0, 0.1) is 6.92 Å². The summed E-state index contributed by atoms with van der Waals surface area (Å²) in [4.78, 5) is 12.7. The molecular formula is C24H23F3N2O4S. The van der Waals surface area contributed by atoms with Crippen molar-refractivity contribution in [2.45, 2.75) is 24.5 Å². The predicted molar refractivity (Wildman–Crippen MR) is 122 cm³/mol. The summed E-state index contributed by atoms with van der Waals surface area (Å²) < 4.78 is 71.7. The van der Waals surface area contributed by atoms with Crippen molar-refractivity contribution in [1.82, 2.24) is 5.32 Å². The zero-order valence-corrected chi connectivity index (χ0v) is 19.3. The van der Waals surface area contributed by atoms with Gasteiger partial charge < -0.3 is 10.1 Å². The molecule has 0 aliphatic carbocycles. The smallest absolute Gasteiger partial charge is 0.416 e. The molecule has 0 fully saturated rings. The van der Waals surface area contributed by atoms with Crippen molar-refractivity contribution in [2.24, 2.45) is 0 Å². The molecule has 180 valence electrons. The summed E-state index contributed by atoms with van der Waals surface area (Å²) in [6, 6.07) is 17.0. The van der Waals surface area contributed by atoms with Crippen molar-refractivity contribution in [3.05, 3.63) is 89.5 Å². The van der Waals surface area contributed by atoms with Crippen molar-refractivity contribution in [1.29, 1.82) is 0 Å². The second kappa shape index (κ2) is 10.2. The standard InChI is InChI=1S/C24H23F3N2O4S/c1-17-9-11-22(12-10-17)34(31,32)29(20-7-4-8-21(14-20)33-2)16-23(30)28-15-18-5-3-6-19(13-18)24(25,26)27/h3-14H,15-16H2,1-2H3,(H,28,30). The third-order valence-corrected chi connectivity index (χ3v) is 6.77. The van der Waals surface area contributed by atoms with E-state index in [4.69, 9.17) is 4.74 Å². The lowest BCUT2D eigenvalue weighted by Crippen LogP contribution is -2.40. The highest BCUT2D eigenvalue weighted by Gasteiger charge is 2.30. The fourth-order valence-corrected chi connectivity index (χ4v) is 4.58.